The van der Waals surface area contributed by atoms with Crippen molar-refractivity contribution in [3.05, 3.63) is 46.2 Å². The van der Waals surface area contributed by atoms with E-state index in [-0.39, 0.29) is 0 Å². The first-order valence-electron chi connectivity index (χ1n) is 4.84. The Hall–Kier alpha value is -1.92. The number of hydrogen-bond donors (Lipinski definition) is 0. The molecule has 2 rings (SSSR count). The molecule has 0 saturated carbocycles. The van der Waals surface area contributed by atoms with Gasteiger partial charge in [0.05, 0.1) is 18.1 Å². The summed E-state index contributed by atoms with van der Waals surface area (Å²) in [6, 6.07) is 5.92. The fourth-order valence-corrected chi connectivity index (χ4v) is 1.94. The highest BCUT2D eigenvalue weighted by Crippen LogP contribution is 2.17. The number of rotatable bonds is 2. The number of terminal acetylenes is 1. The second-order valence-electron chi connectivity index (χ2n) is 3.33. The Balaban J connectivity index is 2.15. The van der Waals surface area contributed by atoms with Gasteiger partial charge in [0.1, 0.15) is 0 Å². The Morgan fingerprint density at radius 1 is 1.38 bits per heavy atom. The van der Waals surface area contributed by atoms with E-state index in [9.17, 15) is 0 Å². The molecule has 0 saturated heterocycles. The average Bonchev–Trinajstić information content (AvgIpc) is 2.76. The highest BCUT2D eigenvalue weighted by Gasteiger charge is 1.97. The van der Waals surface area contributed by atoms with Crippen LogP contribution in [-0.4, -0.2) is 4.98 Å². The Morgan fingerprint density at radius 2 is 2.25 bits per heavy atom. The van der Waals surface area contributed by atoms with Crippen LogP contribution in [0.1, 0.15) is 15.4 Å². The summed E-state index contributed by atoms with van der Waals surface area (Å²) in [5.74, 6) is 2.62. The van der Waals surface area contributed by atoms with Gasteiger partial charge in [-0.1, -0.05) is 5.92 Å². The molecule has 2 nitrogen and oxygen atoms in total. The first-order valence-corrected chi connectivity index (χ1v) is 5.65. The lowest BCUT2D eigenvalue weighted by atomic mass is 10.3. The minimum Gasteiger partial charge on any atom is -0.240 e. The third-order valence-electron chi connectivity index (χ3n) is 2.06. The molecule has 0 bridgehead atoms. The molecule has 0 fully saturated rings. The maximum Gasteiger partial charge on any atom is 0.286 e. The van der Waals surface area contributed by atoms with Crippen LogP contribution in [0.15, 0.2) is 30.7 Å². The third-order valence-corrected chi connectivity index (χ3v) is 3.04. The van der Waals surface area contributed by atoms with E-state index in [0.29, 0.717) is 0 Å². The molecule has 0 radical (unpaired) electrons. The maximum atomic E-state index is 5.31. The molecular formula is C13H11N2S+. The van der Waals surface area contributed by atoms with Gasteiger partial charge in [0.2, 0.25) is 0 Å². The van der Waals surface area contributed by atoms with Crippen LogP contribution in [0.25, 0.3) is 12.2 Å². The zero-order chi connectivity index (χ0) is 11.4. The number of aromatic nitrogens is 2. The van der Waals surface area contributed by atoms with Crippen molar-refractivity contribution >= 4 is 23.5 Å². The van der Waals surface area contributed by atoms with Gasteiger partial charge in [-0.05, 0) is 29.3 Å². The minimum atomic E-state index is 0.939. The van der Waals surface area contributed by atoms with Crippen LogP contribution in [0.3, 0.4) is 0 Å². The summed E-state index contributed by atoms with van der Waals surface area (Å²) in [4.78, 5) is 6.35. The molecule has 16 heavy (non-hydrogen) atoms. The molecule has 0 aromatic carbocycles. The van der Waals surface area contributed by atoms with Crippen molar-refractivity contribution in [2.45, 2.75) is 0 Å². The SMILES string of the molecule is C#Cc1ccc(/C=C/c2cc[n+](C)cn2)s1. The molecule has 78 valence electrons. The fourth-order valence-electron chi connectivity index (χ4n) is 1.22. The number of thiophene rings is 1. The summed E-state index contributed by atoms with van der Waals surface area (Å²) in [7, 11) is 1.94. The molecule has 3 heteroatoms. The van der Waals surface area contributed by atoms with Gasteiger partial charge in [0.15, 0.2) is 5.69 Å². The summed E-state index contributed by atoms with van der Waals surface area (Å²) in [5, 5.41) is 0. The van der Waals surface area contributed by atoms with Gasteiger partial charge < -0.3 is 0 Å². The lowest BCUT2D eigenvalue weighted by molar-refractivity contribution is -0.674. The van der Waals surface area contributed by atoms with Crippen LogP contribution in [0.5, 0.6) is 0 Å². The van der Waals surface area contributed by atoms with Crippen LogP contribution >= 0.6 is 11.3 Å². The number of nitrogens with zero attached hydrogens (tertiary/aromatic N) is 2. The number of hydrogen-bond acceptors (Lipinski definition) is 2. The molecular weight excluding hydrogens is 216 g/mol. The van der Waals surface area contributed by atoms with Gasteiger partial charge in [-0.25, -0.2) is 4.57 Å². The van der Waals surface area contributed by atoms with Crippen LogP contribution in [0.2, 0.25) is 0 Å². The molecule has 0 N–H and O–H groups in total. The van der Waals surface area contributed by atoms with Crippen LogP contribution in [0, 0.1) is 12.3 Å². The van der Waals surface area contributed by atoms with Crippen molar-refractivity contribution in [1.82, 2.24) is 4.98 Å². The third kappa shape index (κ3) is 2.56. The largest absolute Gasteiger partial charge is 0.286 e. The van der Waals surface area contributed by atoms with Crippen LogP contribution in [0.4, 0.5) is 0 Å². The second kappa shape index (κ2) is 4.73. The average molecular weight is 227 g/mol. The van der Waals surface area contributed by atoms with Gasteiger partial charge in [-0.2, -0.15) is 0 Å². The van der Waals surface area contributed by atoms with Gasteiger partial charge in [-0.3, -0.25) is 0 Å². The van der Waals surface area contributed by atoms with E-state index in [1.807, 2.05) is 48.2 Å². The second-order valence-corrected chi connectivity index (χ2v) is 4.45. The summed E-state index contributed by atoms with van der Waals surface area (Å²) in [6.45, 7) is 0. The number of aryl methyl sites for hydroxylation is 1. The predicted octanol–water partition coefficient (Wildman–Crippen LogP) is 2.12. The van der Waals surface area contributed by atoms with E-state index in [0.717, 1.165) is 15.4 Å². The predicted molar refractivity (Wildman–Crippen MR) is 66.6 cm³/mol. The molecule has 0 aliphatic rings. The highest BCUT2D eigenvalue weighted by molar-refractivity contribution is 7.13. The lowest BCUT2D eigenvalue weighted by Crippen LogP contribution is -2.27. The van der Waals surface area contributed by atoms with E-state index in [1.54, 1.807) is 17.7 Å². The van der Waals surface area contributed by atoms with Gasteiger partial charge in [0, 0.05) is 10.9 Å². The van der Waals surface area contributed by atoms with E-state index >= 15 is 0 Å². The monoisotopic (exact) mass is 227 g/mol. The zero-order valence-corrected chi connectivity index (χ0v) is 9.74. The van der Waals surface area contributed by atoms with Crippen molar-refractivity contribution in [1.29, 1.82) is 0 Å². The van der Waals surface area contributed by atoms with Gasteiger partial charge in [0.25, 0.3) is 6.33 Å². The Labute approximate surface area is 98.9 Å². The quantitative estimate of drug-likeness (QED) is 0.567. The molecule has 0 unspecified atom stereocenters. The van der Waals surface area contributed by atoms with Crippen molar-refractivity contribution in [3.8, 4) is 12.3 Å². The molecule has 0 aliphatic carbocycles. The van der Waals surface area contributed by atoms with Crippen LogP contribution in [-0.2, 0) is 7.05 Å². The Bertz CT molecular complexity index is 544. The fraction of sp³-hybridized carbons (Fsp3) is 0.0769. The lowest BCUT2D eigenvalue weighted by Gasteiger charge is -1.87. The van der Waals surface area contributed by atoms with Crippen molar-refractivity contribution in [2.75, 3.05) is 0 Å². The van der Waals surface area contributed by atoms with E-state index in [4.69, 9.17) is 6.42 Å². The molecule has 2 heterocycles. The normalized spacial score (nSPS) is 10.5. The molecule has 2 aromatic heterocycles. The molecule has 0 atom stereocenters. The molecule has 0 spiro atoms. The topological polar surface area (TPSA) is 16.8 Å². The summed E-state index contributed by atoms with van der Waals surface area (Å²) >= 11 is 1.60. The highest BCUT2D eigenvalue weighted by atomic mass is 32.1. The van der Waals surface area contributed by atoms with Gasteiger partial charge >= 0.3 is 0 Å². The summed E-state index contributed by atoms with van der Waals surface area (Å²) in [5.41, 5.74) is 0.939. The molecule has 0 amide bonds. The van der Waals surface area contributed by atoms with E-state index in [1.165, 1.54) is 0 Å². The Morgan fingerprint density at radius 3 is 2.88 bits per heavy atom. The standard InChI is InChI=1S/C13H11N2S/c1-3-12-6-7-13(16-12)5-4-11-8-9-15(2)10-14-11/h1,4-10H,2H3/q+1/b5-4+. The Kier molecular flexibility index (Phi) is 3.13. The summed E-state index contributed by atoms with van der Waals surface area (Å²) < 4.78 is 1.90. The van der Waals surface area contributed by atoms with E-state index in [2.05, 4.69) is 10.9 Å². The minimum absolute atomic E-state index is 0.939. The first-order chi connectivity index (χ1) is 7.78. The molecule has 2 aromatic rings. The van der Waals surface area contributed by atoms with Crippen molar-refractivity contribution in [2.24, 2.45) is 7.05 Å². The van der Waals surface area contributed by atoms with Gasteiger partial charge in [-0.15, -0.1) is 17.8 Å². The molecule has 0 aliphatic heterocycles. The van der Waals surface area contributed by atoms with Crippen LogP contribution < -0.4 is 4.57 Å². The summed E-state index contributed by atoms with van der Waals surface area (Å²) in [6.07, 6.45) is 13.1. The smallest absolute Gasteiger partial charge is 0.240 e. The zero-order valence-electron chi connectivity index (χ0n) is 8.92. The van der Waals surface area contributed by atoms with Crippen molar-refractivity contribution < 1.29 is 4.57 Å². The van der Waals surface area contributed by atoms with E-state index < -0.39 is 0 Å². The van der Waals surface area contributed by atoms with Crippen molar-refractivity contribution in [3.63, 3.8) is 0 Å². The maximum absolute atomic E-state index is 5.31. The first kappa shape index (κ1) is 10.6.